The van der Waals surface area contributed by atoms with Gasteiger partial charge in [0.2, 0.25) is 0 Å². The summed E-state index contributed by atoms with van der Waals surface area (Å²) in [6, 6.07) is 0. The van der Waals surface area contributed by atoms with Crippen molar-refractivity contribution in [2.75, 3.05) is 10.2 Å². The summed E-state index contributed by atoms with van der Waals surface area (Å²) in [4.78, 5) is 0. The first-order valence-corrected chi connectivity index (χ1v) is 9.46. The third kappa shape index (κ3) is 32.1. The third-order valence-corrected chi connectivity index (χ3v) is 5.20. The largest absolute Gasteiger partial charge is 0.747 e. The van der Waals surface area contributed by atoms with Crippen molar-refractivity contribution < 1.29 is 69.0 Å². The molecule has 0 aliphatic heterocycles. The van der Waals surface area contributed by atoms with Crippen molar-refractivity contribution in [1.29, 1.82) is 0 Å². The molecule has 17 heteroatoms. The van der Waals surface area contributed by atoms with Crippen molar-refractivity contribution >= 4 is 40.5 Å². The molecular weight excluding hydrogens is 408 g/mol. The molecule has 0 aromatic heterocycles. The minimum Gasteiger partial charge on any atom is -0.747 e. The van der Waals surface area contributed by atoms with Crippen LogP contribution in [0.1, 0.15) is 0 Å². The predicted octanol–water partition coefficient (Wildman–Crippen LogP) is -3.93. The molecule has 123 valence electrons. The average Bonchev–Trinajstić information content (AvgIpc) is 1.64. The topological polar surface area (TPSA) is 229 Å². The molecule has 0 atom stereocenters. The van der Waals surface area contributed by atoms with Crippen LogP contribution in [0.2, 0.25) is 0 Å². The van der Waals surface area contributed by atoms with E-state index in [0.717, 1.165) is 0 Å². The van der Waals surface area contributed by atoms with E-state index in [9.17, 15) is 51.9 Å². The molecular formula is C2H4CuO12S4-4. The second-order valence-electron chi connectivity index (χ2n) is 2.47. The normalized spacial score (nSPS) is 12.8. The van der Waals surface area contributed by atoms with E-state index < -0.39 is 50.6 Å². The second kappa shape index (κ2) is 7.81. The fourth-order valence-corrected chi connectivity index (χ4v) is 3.18. The van der Waals surface area contributed by atoms with Crippen molar-refractivity contribution in [3.8, 4) is 0 Å². The van der Waals surface area contributed by atoms with E-state index in [-0.39, 0.29) is 17.1 Å². The summed E-state index contributed by atoms with van der Waals surface area (Å²) in [6.07, 6.45) is 0. The maximum Gasteiger partial charge on any atom is 0.128 e. The van der Waals surface area contributed by atoms with Crippen LogP contribution >= 0.6 is 0 Å². The van der Waals surface area contributed by atoms with Gasteiger partial charge in [0.15, 0.2) is 0 Å². The second-order valence-corrected chi connectivity index (χ2v) is 8.81. The molecule has 0 amide bonds. The Morgan fingerprint density at radius 1 is 0.474 bits per heavy atom. The number of hydrogen-bond acceptors (Lipinski definition) is 12. The van der Waals surface area contributed by atoms with Gasteiger partial charge in [0.1, 0.15) is 50.6 Å². The zero-order chi connectivity index (χ0) is 15.4. The maximum atomic E-state index is 9.51. The molecule has 0 aromatic carbocycles. The van der Waals surface area contributed by atoms with Gasteiger partial charge in [-0.25, -0.2) is 33.7 Å². The number of rotatable bonds is 4. The summed E-state index contributed by atoms with van der Waals surface area (Å²) < 4.78 is 114. The van der Waals surface area contributed by atoms with Gasteiger partial charge in [-0.05, 0) is 0 Å². The number of hydrogen-bond donors (Lipinski definition) is 0. The molecule has 0 bridgehead atoms. The molecule has 0 spiro atoms. The van der Waals surface area contributed by atoms with Gasteiger partial charge in [0.05, 0.1) is 0 Å². The fraction of sp³-hybridized carbons (Fsp3) is 1.00. The Balaban J connectivity index is -0.000000256. The summed E-state index contributed by atoms with van der Waals surface area (Å²) in [5.41, 5.74) is 0. The van der Waals surface area contributed by atoms with E-state index in [2.05, 4.69) is 0 Å². The molecule has 0 N–H and O–H groups in total. The van der Waals surface area contributed by atoms with Crippen LogP contribution < -0.4 is 0 Å². The molecule has 0 saturated carbocycles. The van der Waals surface area contributed by atoms with Gasteiger partial charge >= 0.3 is 0 Å². The Kier molecular flexibility index (Phi) is 9.95. The van der Waals surface area contributed by atoms with Crippen molar-refractivity contribution in [2.24, 2.45) is 0 Å². The van der Waals surface area contributed by atoms with Gasteiger partial charge in [-0.2, -0.15) is 0 Å². The van der Waals surface area contributed by atoms with Crippen LogP contribution in [-0.2, 0) is 57.5 Å². The smallest absolute Gasteiger partial charge is 0.128 e. The van der Waals surface area contributed by atoms with Gasteiger partial charge < -0.3 is 18.2 Å². The van der Waals surface area contributed by atoms with Gasteiger partial charge in [-0.15, -0.1) is 0 Å². The van der Waals surface area contributed by atoms with Crippen LogP contribution in [0.4, 0.5) is 0 Å². The molecule has 0 rings (SSSR count). The van der Waals surface area contributed by atoms with Crippen molar-refractivity contribution in [1.82, 2.24) is 0 Å². The molecule has 0 aromatic rings. The molecule has 0 aliphatic carbocycles. The fourth-order valence-electron chi connectivity index (χ4n) is 0.354. The van der Waals surface area contributed by atoms with Crippen LogP contribution in [0.3, 0.4) is 0 Å². The summed E-state index contributed by atoms with van der Waals surface area (Å²) in [6.45, 7) is 0. The van der Waals surface area contributed by atoms with Crippen molar-refractivity contribution in [2.45, 2.75) is 0 Å². The van der Waals surface area contributed by atoms with E-state index in [1.165, 1.54) is 0 Å². The van der Waals surface area contributed by atoms with Crippen LogP contribution in [0.5, 0.6) is 0 Å². The van der Waals surface area contributed by atoms with Crippen LogP contribution in [0.15, 0.2) is 0 Å². The SMILES string of the molecule is O=S(=O)([O-])CS(=O)(=O)[O-].O=S(=O)([O-])CS(=O)(=O)[O-].[Cu]. The Labute approximate surface area is 119 Å². The van der Waals surface area contributed by atoms with Crippen LogP contribution in [0.25, 0.3) is 0 Å². The quantitative estimate of drug-likeness (QED) is 0.318. The van der Waals surface area contributed by atoms with E-state index >= 15 is 0 Å². The van der Waals surface area contributed by atoms with E-state index in [1.54, 1.807) is 0 Å². The molecule has 0 saturated heterocycles. The van der Waals surface area contributed by atoms with Crippen molar-refractivity contribution in [3.63, 3.8) is 0 Å². The summed E-state index contributed by atoms with van der Waals surface area (Å²) in [5, 5.41) is -3.75. The van der Waals surface area contributed by atoms with Gasteiger partial charge in [-0.1, -0.05) is 0 Å². The zero-order valence-corrected chi connectivity index (χ0v) is 12.5. The van der Waals surface area contributed by atoms with E-state index in [0.29, 0.717) is 0 Å². The molecule has 19 heavy (non-hydrogen) atoms. The van der Waals surface area contributed by atoms with Crippen molar-refractivity contribution in [3.05, 3.63) is 0 Å². The van der Waals surface area contributed by atoms with E-state index in [4.69, 9.17) is 0 Å². The monoisotopic (exact) mass is 411 g/mol. The van der Waals surface area contributed by atoms with Crippen LogP contribution in [-0.4, -0.2) is 62.1 Å². The van der Waals surface area contributed by atoms with Gasteiger partial charge in [0.25, 0.3) is 0 Å². The maximum absolute atomic E-state index is 9.51. The Morgan fingerprint density at radius 2 is 0.579 bits per heavy atom. The standard InChI is InChI=1S/2CH4O6S2.Cu/c2*2-8(3,4)1-9(5,6)7;/h2*1H2,(H,2,3,4)(H,5,6,7);/p-4. The molecule has 0 aliphatic rings. The molecule has 0 unspecified atom stereocenters. The van der Waals surface area contributed by atoms with Gasteiger partial charge in [-0.3, -0.25) is 0 Å². The molecule has 12 nitrogen and oxygen atoms in total. The van der Waals surface area contributed by atoms with E-state index in [1.807, 2.05) is 0 Å². The zero-order valence-electron chi connectivity index (χ0n) is 8.25. The van der Waals surface area contributed by atoms with Crippen LogP contribution in [0, 0.1) is 0 Å². The summed E-state index contributed by atoms with van der Waals surface area (Å²) >= 11 is 0. The molecule has 0 heterocycles. The molecule has 1 radical (unpaired) electrons. The Bertz CT molecular complexity index is 540. The minimum absolute atomic E-state index is 0. The average molecular weight is 412 g/mol. The first-order chi connectivity index (χ1) is 7.41. The summed E-state index contributed by atoms with van der Waals surface area (Å²) in [7, 11) is -19.7. The summed E-state index contributed by atoms with van der Waals surface area (Å²) in [5.74, 6) is 0. The third-order valence-electron chi connectivity index (χ3n) is 0.577. The predicted molar refractivity (Wildman–Crippen MR) is 48.5 cm³/mol. The Morgan fingerprint density at radius 3 is 0.579 bits per heavy atom. The first kappa shape index (κ1) is 24.2. The Hall–Kier alpha value is 0.159. The van der Waals surface area contributed by atoms with Gasteiger partial charge in [0, 0.05) is 17.1 Å². The molecule has 0 fully saturated rings. The minimum atomic E-state index is -4.93. The first-order valence-electron chi connectivity index (χ1n) is 3.15.